The normalized spacial score (nSPS) is 8.62. The van der Waals surface area contributed by atoms with Gasteiger partial charge in [-0.3, -0.25) is 0 Å². The molecule has 0 radical (unpaired) electrons. The van der Waals surface area contributed by atoms with E-state index in [9.17, 15) is 0 Å². The molecule has 2 aromatic rings. The SMILES string of the molecule is Nc1ccc2ccccc2n1.[Ca+2].[H-].[H-].[Ti]. The number of para-hydroxylation sites is 1. The third-order valence-electron chi connectivity index (χ3n) is 1.62. The fourth-order valence-electron chi connectivity index (χ4n) is 1.08. The van der Waals surface area contributed by atoms with Crippen LogP contribution in [0.15, 0.2) is 36.4 Å². The maximum atomic E-state index is 5.51. The number of nitrogens with zero attached hydrogens (tertiary/aromatic N) is 1. The first kappa shape index (κ1) is 13.4. The maximum Gasteiger partial charge on any atom is 2.00 e. The van der Waals surface area contributed by atoms with Gasteiger partial charge in [-0.2, -0.15) is 0 Å². The van der Waals surface area contributed by atoms with E-state index in [1.165, 1.54) is 0 Å². The molecule has 4 heteroatoms. The molecule has 0 spiro atoms. The molecule has 62 valence electrons. The monoisotopic (exact) mass is 234 g/mol. The van der Waals surface area contributed by atoms with Crippen LogP contribution in [0.1, 0.15) is 2.85 Å². The minimum atomic E-state index is 0. The Kier molecular flexibility index (Phi) is 6.18. The summed E-state index contributed by atoms with van der Waals surface area (Å²) in [5, 5.41) is 1.13. The average molecular weight is 234 g/mol. The molecule has 0 aliphatic heterocycles. The van der Waals surface area contributed by atoms with Crippen molar-refractivity contribution in [2.75, 3.05) is 5.73 Å². The first-order valence-electron chi connectivity index (χ1n) is 3.47. The Morgan fingerprint density at radius 1 is 1.08 bits per heavy atom. The molecule has 0 saturated heterocycles. The molecule has 1 aromatic carbocycles. The van der Waals surface area contributed by atoms with E-state index >= 15 is 0 Å². The minimum Gasteiger partial charge on any atom is -1.00 e. The van der Waals surface area contributed by atoms with E-state index in [-0.39, 0.29) is 62.3 Å². The molecule has 13 heavy (non-hydrogen) atoms. The molecule has 0 atom stereocenters. The summed E-state index contributed by atoms with van der Waals surface area (Å²) in [7, 11) is 0. The first-order chi connectivity index (χ1) is 5.36. The molecular formula is C9H10CaN2Ti. The van der Waals surface area contributed by atoms with Gasteiger partial charge in [0.25, 0.3) is 0 Å². The Balaban J connectivity index is -0.000000360. The van der Waals surface area contributed by atoms with Crippen LogP contribution in [-0.2, 0) is 21.7 Å². The van der Waals surface area contributed by atoms with E-state index in [0.717, 1.165) is 10.9 Å². The predicted octanol–water partition coefficient (Wildman–Crippen LogP) is 1.66. The van der Waals surface area contributed by atoms with Crippen molar-refractivity contribution in [1.29, 1.82) is 0 Å². The molecule has 2 N–H and O–H groups in total. The molecule has 2 nitrogen and oxygen atoms in total. The van der Waals surface area contributed by atoms with Crippen LogP contribution in [0.3, 0.4) is 0 Å². The number of nitrogens with two attached hydrogens (primary N) is 1. The van der Waals surface area contributed by atoms with Crippen molar-refractivity contribution < 1.29 is 24.6 Å². The second-order valence-electron chi connectivity index (χ2n) is 2.43. The largest absolute Gasteiger partial charge is 2.00 e. The Hall–Kier alpha value is 0.404. The molecule has 0 aliphatic carbocycles. The zero-order valence-electron chi connectivity index (χ0n) is 9.20. The molecular weight excluding hydrogens is 224 g/mol. The molecule has 1 aromatic heterocycles. The Morgan fingerprint density at radius 3 is 2.54 bits per heavy atom. The summed E-state index contributed by atoms with van der Waals surface area (Å²) < 4.78 is 0. The van der Waals surface area contributed by atoms with Crippen molar-refractivity contribution in [2.24, 2.45) is 0 Å². The van der Waals surface area contributed by atoms with Gasteiger partial charge in [-0.25, -0.2) is 4.98 Å². The Labute approximate surface area is 125 Å². The van der Waals surface area contributed by atoms with E-state index in [1.807, 2.05) is 36.4 Å². The van der Waals surface area contributed by atoms with E-state index in [0.29, 0.717) is 5.82 Å². The van der Waals surface area contributed by atoms with E-state index in [2.05, 4.69) is 4.98 Å². The minimum absolute atomic E-state index is 0. The molecule has 0 unspecified atom stereocenters. The third-order valence-corrected chi connectivity index (χ3v) is 1.62. The zero-order valence-corrected chi connectivity index (χ0v) is 11.0. The standard InChI is InChI=1S/C9H8N2.Ca.Ti.2H/c10-9-6-5-7-3-1-2-4-8(7)11-9;;;;/h1-6H,(H2,10,11);;;;/q;+2;;2*-1. The second kappa shape index (κ2) is 5.99. The van der Waals surface area contributed by atoms with Crippen LogP contribution >= 0.6 is 0 Å². The summed E-state index contributed by atoms with van der Waals surface area (Å²) >= 11 is 0. The molecule has 0 saturated carbocycles. The van der Waals surface area contributed by atoms with Crippen LogP contribution in [0, 0.1) is 0 Å². The number of rotatable bonds is 0. The second-order valence-corrected chi connectivity index (χ2v) is 2.43. The third kappa shape index (κ3) is 3.23. The zero-order chi connectivity index (χ0) is 7.68. The van der Waals surface area contributed by atoms with E-state index < -0.39 is 0 Å². The smallest absolute Gasteiger partial charge is 1.00 e. The molecule has 2 rings (SSSR count). The van der Waals surface area contributed by atoms with Crippen molar-refractivity contribution >= 4 is 54.5 Å². The van der Waals surface area contributed by atoms with Crippen LogP contribution in [0.2, 0.25) is 0 Å². The van der Waals surface area contributed by atoms with Gasteiger partial charge in [-0.05, 0) is 18.2 Å². The molecule has 1 heterocycles. The van der Waals surface area contributed by atoms with Crippen LogP contribution < -0.4 is 5.73 Å². The number of hydrogen-bond donors (Lipinski definition) is 1. The quantitative estimate of drug-likeness (QED) is 0.704. The van der Waals surface area contributed by atoms with Gasteiger partial charge in [0.05, 0.1) is 5.52 Å². The summed E-state index contributed by atoms with van der Waals surface area (Å²) in [6.07, 6.45) is 0. The summed E-state index contributed by atoms with van der Waals surface area (Å²) in [5.41, 5.74) is 6.46. The molecule has 0 aliphatic rings. The average Bonchev–Trinajstić information content (AvgIpc) is 2.04. The predicted molar refractivity (Wildman–Crippen MR) is 54.1 cm³/mol. The summed E-state index contributed by atoms with van der Waals surface area (Å²) in [4.78, 5) is 4.15. The number of hydrogen-bond acceptors (Lipinski definition) is 2. The summed E-state index contributed by atoms with van der Waals surface area (Å²) in [5.74, 6) is 0.573. The van der Waals surface area contributed by atoms with Crippen molar-refractivity contribution in [3.8, 4) is 0 Å². The fourth-order valence-corrected chi connectivity index (χ4v) is 1.08. The van der Waals surface area contributed by atoms with Crippen LogP contribution in [0.25, 0.3) is 10.9 Å². The van der Waals surface area contributed by atoms with Crippen molar-refractivity contribution in [1.82, 2.24) is 4.98 Å². The molecule has 0 fully saturated rings. The van der Waals surface area contributed by atoms with E-state index in [1.54, 1.807) is 0 Å². The van der Waals surface area contributed by atoms with Gasteiger partial charge in [0.15, 0.2) is 0 Å². The summed E-state index contributed by atoms with van der Waals surface area (Å²) in [6.45, 7) is 0. The van der Waals surface area contributed by atoms with Crippen LogP contribution in [0.4, 0.5) is 5.82 Å². The maximum absolute atomic E-state index is 5.51. The van der Waals surface area contributed by atoms with Gasteiger partial charge < -0.3 is 8.59 Å². The molecule has 0 amide bonds. The van der Waals surface area contributed by atoms with Crippen LogP contribution in [0.5, 0.6) is 0 Å². The topological polar surface area (TPSA) is 38.9 Å². The summed E-state index contributed by atoms with van der Waals surface area (Å²) in [6, 6.07) is 11.7. The Morgan fingerprint density at radius 2 is 1.77 bits per heavy atom. The van der Waals surface area contributed by atoms with Crippen molar-refractivity contribution in [3.05, 3.63) is 36.4 Å². The van der Waals surface area contributed by atoms with Crippen molar-refractivity contribution in [2.45, 2.75) is 0 Å². The van der Waals surface area contributed by atoms with Gasteiger partial charge in [0, 0.05) is 27.1 Å². The Bertz CT molecular complexity index is 401. The number of anilines is 1. The van der Waals surface area contributed by atoms with Gasteiger partial charge >= 0.3 is 37.7 Å². The molecule has 0 bridgehead atoms. The van der Waals surface area contributed by atoms with Crippen LogP contribution in [-0.4, -0.2) is 42.7 Å². The number of nitrogen functional groups attached to an aromatic ring is 1. The number of fused-ring (bicyclic) bond motifs is 1. The fraction of sp³-hybridized carbons (Fsp3) is 0. The van der Waals surface area contributed by atoms with Gasteiger partial charge in [0.2, 0.25) is 0 Å². The van der Waals surface area contributed by atoms with Gasteiger partial charge in [-0.1, -0.05) is 18.2 Å². The number of aromatic nitrogens is 1. The van der Waals surface area contributed by atoms with Crippen molar-refractivity contribution in [3.63, 3.8) is 0 Å². The van der Waals surface area contributed by atoms with Gasteiger partial charge in [0.1, 0.15) is 5.82 Å². The van der Waals surface area contributed by atoms with Gasteiger partial charge in [-0.15, -0.1) is 0 Å². The van der Waals surface area contributed by atoms with E-state index in [4.69, 9.17) is 5.73 Å². The number of benzene rings is 1. The first-order valence-corrected chi connectivity index (χ1v) is 3.47. The number of pyridine rings is 1.